The van der Waals surface area contributed by atoms with Crippen molar-refractivity contribution in [3.05, 3.63) is 144 Å². The first-order valence-corrected chi connectivity index (χ1v) is 17.0. The number of fused-ring (bicyclic) bond motifs is 11. The Hall–Kier alpha value is -4.21. The second-order valence-electron chi connectivity index (χ2n) is 12.7. The molecule has 4 aromatic carbocycles. The molecule has 0 amide bonds. The SMILES string of the molecule is CC1(C)c2cccc(c2)Oc2cccc(c2)C2(c3ccccc3-c3ccccc32)N2C=CN3[C]2=[Pt]=[C]2N1C=CN2C3(C)C. The number of ether oxygens (including phenoxy) is 1. The van der Waals surface area contributed by atoms with Gasteiger partial charge in [-0.25, -0.2) is 0 Å². The second kappa shape index (κ2) is 8.45. The maximum atomic E-state index is 6.66. The van der Waals surface area contributed by atoms with Gasteiger partial charge in [0.15, 0.2) is 0 Å². The summed E-state index contributed by atoms with van der Waals surface area (Å²) in [4.78, 5) is 10.1. The fraction of sp³-hybridized carbons (Fsp3) is 0.189. The van der Waals surface area contributed by atoms with Gasteiger partial charge < -0.3 is 0 Å². The van der Waals surface area contributed by atoms with Crippen LogP contribution in [0.5, 0.6) is 11.5 Å². The number of hydrogen-bond acceptors (Lipinski definition) is 5. The van der Waals surface area contributed by atoms with Crippen LogP contribution in [0.15, 0.2) is 122 Å². The monoisotopic (exact) mass is 743 g/mol. The molecule has 0 fully saturated rings. The van der Waals surface area contributed by atoms with E-state index >= 15 is 0 Å². The molecule has 0 radical (unpaired) electrons. The fourth-order valence-electron chi connectivity index (χ4n) is 7.40. The molecule has 0 saturated heterocycles. The number of benzene rings is 4. The standard InChI is InChI=1S/C37H32N4O.Pt/c1-35(2)27-11-9-13-29(23-27)42-30-14-10-12-28(24-30)37(33-17-7-5-15-31(33)32-16-6-8-18-34(32)37)41-22-21-40(26-41)36(3,4)39-20-19-38(35)25-39;/h5-24H,1-4H3;. The Morgan fingerprint density at radius 2 is 1.05 bits per heavy atom. The molecule has 1 aliphatic carbocycles. The molecule has 0 saturated carbocycles. The molecule has 0 unspecified atom stereocenters. The van der Waals surface area contributed by atoms with Crippen LogP contribution in [0.1, 0.15) is 49.9 Å². The topological polar surface area (TPSA) is 22.2 Å². The van der Waals surface area contributed by atoms with Gasteiger partial charge in [0.2, 0.25) is 0 Å². The van der Waals surface area contributed by atoms with Gasteiger partial charge in [0.25, 0.3) is 0 Å². The van der Waals surface area contributed by atoms with E-state index in [1.165, 1.54) is 41.7 Å². The third kappa shape index (κ3) is 3.16. The summed E-state index contributed by atoms with van der Waals surface area (Å²) in [6.07, 6.45) is 9.20. The van der Waals surface area contributed by atoms with Crippen molar-refractivity contribution in [2.75, 3.05) is 0 Å². The predicted molar refractivity (Wildman–Crippen MR) is 167 cm³/mol. The summed E-state index contributed by atoms with van der Waals surface area (Å²) in [6, 6.07) is 35.3. The van der Waals surface area contributed by atoms with Crippen molar-refractivity contribution in [3.63, 3.8) is 0 Å². The summed E-state index contributed by atoms with van der Waals surface area (Å²) < 4.78 is 9.43. The summed E-state index contributed by atoms with van der Waals surface area (Å²) >= 11 is -0.620. The van der Waals surface area contributed by atoms with Crippen LogP contribution in [0.25, 0.3) is 11.1 Å². The van der Waals surface area contributed by atoms with E-state index in [2.05, 4.69) is 169 Å². The third-order valence-electron chi connectivity index (χ3n) is 9.70. The molecule has 1 spiro atoms. The predicted octanol–water partition coefficient (Wildman–Crippen LogP) is 7.18. The Kier molecular flexibility index (Phi) is 4.97. The fourth-order valence-corrected chi connectivity index (χ4v) is 11.9. The molecule has 0 N–H and O–H groups in total. The molecule has 0 aromatic heterocycles. The van der Waals surface area contributed by atoms with Crippen molar-refractivity contribution in [1.29, 1.82) is 0 Å². The molecule has 5 aliphatic rings. The van der Waals surface area contributed by atoms with Gasteiger partial charge in [-0.15, -0.1) is 0 Å². The molecule has 6 bridgehead atoms. The Balaban J connectivity index is 1.43. The van der Waals surface area contributed by atoms with Crippen molar-refractivity contribution in [1.82, 2.24) is 19.6 Å². The van der Waals surface area contributed by atoms with Crippen LogP contribution in [0, 0.1) is 0 Å². The van der Waals surface area contributed by atoms with Crippen LogP contribution in [0.3, 0.4) is 0 Å². The first kappa shape index (κ1) is 25.3. The summed E-state index contributed by atoms with van der Waals surface area (Å²) in [5, 5.41) is 0. The van der Waals surface area contributed by atoms with Crippen molar-refractivity contribution in [3.8, 4) is 22.6 Å². The van der Waals surface area contributed by atoms with Gasteiger partial charge in [-0.3, -0.25) is 0 Å². The van der Waals surface area contributed by atoms with Crippen LogP contribution >= 0.6 is 0 Å². The molecule has 0 atom stereocenters. The summed E-state index contributed by atoms with van der Waals surface area (Å²) in [5.41, 5.74) is 6.51. The average molecular weight is 744 g/mol. The molecular formula is C37H32N4OPt. The van der Waals surface area contributed by atoms with Crippen LogP contribution in [-0.4, -0.2) is 33.6 Å². The van der Waals surface area contributed by atoms with E-state index in [-0.39, 0.29) is 11.2 Å². The Morgan fingerprint density at radius 3 is 1.70 bits per heavy atom. The van der Waals surface area contributed by atoms with E-state index in [9.17, 15) is 0 Å². The minimum atomic E-state index is -0.620. The molecule has 43 heavy (non-hydrogen) atoms. The zero-order chi connectivity index (χ0) is 29.1. The molecule has 9 rings (SSSR count). The van der Waals surface area contributed by atoms with Crippen molar-refractivity contribution in [2.45, 2.75) is 44.4 Å². The Bertz CT molecular complexity index is 1950. The van der Waals surface area contributed by atoms with E-state index in [4.69, 9.17) is 4.74 Å². The molecule has 4 aliphatic heterocycles. The summed E-state index contributed by atoms with van der Waals surface area (Å²) in [5.74, 6) is 1.69. The van der Waals surface area contributed by atoms with Gasteiger partial charge in [0.1, 0.15) is 0 Å². The zero-order valence-electron chi connectivity index (χ0n) is 24.6. The van der Waals surface area contributed by atoms with Crippen molar-refractivity contribution < 1.29 is 22.4 Å². The molecule has 216 valence electrons. The molecular weight excluding hydrogens is 712 g/mol. The van der Waals surface area contributed by atoms with Crippen LogP contribution in [0.2, 0.25) is 0 Å². The Morgan fingerprint density at radius 1 is 0.535 bits per heavy atom. The van der Waals surface area contributed by atoms with Gasteiger partial charge in [-0.2, -0.15) is 0 Å². The normalized spacial score (nSPS) is 20.9. The summed E-state index contributed by atoms with van der Waals surface area (Å²) in [6.45, 7) is 9.32. The molecule has 5 nitrogen and oxygen atoms in total. The number of nitrogens with zero attached hydrogens (tertiary/aromatic N) is 4. The van der Waals surface area contributed by atoms with E-state index in [0.717, 1.165) is 11.5 Å². The Labute approximate surface area is 260 Å². The van der Waals surface area contributed by atoms with E-state index in [1.54, 1.807) is 0 Å². The van der Waals surface area contributed by atoms with E-state index < -0.39 is 23.2 Å². The quantitative estimate of drug-likeness (QED) is 0.190. The number of hydrogen-bond donors (Lipinski definition) is 0. The third-order valence-corrected chi connectivity index (χ3v) is 12.9. The summed E-state index contributed by atoms with van der Waals surface area (Å²) in [7, 11) is 0. The zero-order valence-corrected chi connectivity index (χ0v) is 26.8. The second-order valence-corrected chi connectivity index (χ2v) is 15.3. The maximum absolute atomic E-state index is 6.66. The first-order chi connectivity index (χ1) is 20.8. The minimum absolute atomic E-state index is 0.272. The van der Waals surface area contributed by atoms with Gasteiger partial charge in [0, 0.05) is 0 Å². The molecule has 6 heteroatoms. The van der Waals surface area contributed by atoms with Crippen LogP contribution in [-0.2, 0) is 28.7 Å². The van der Waals surface area contributed by atoms with Crippen LogP contribution in [0.4, 0.5) is 0 Å². The number of rotatable bonds is 0. The van der Waals surface area contributed by atoms with Gasteiger partial charge >= 0.3 is 261 Å². The van der Waals surface area contributed by atoms with Crippen molar-refractivity contribution >= 4 is 8.29 Å². The van der Waals surface area contributed by atoms with E-state index in [1.807, 2.05) is 0 Å². The van der Waals surface area contributed by atoms with Gasteiger partial charge in [-0.05, 0) is 0 Å². The average Bonchev–Trinajstić information content (AvgIpc) is 3.72. The molecule has 4 heterocycles. The van der Waals surface area contributed by atoms with Gasteiger partial charge in [-0.1, -0.05) is 0 Å². The van der Waals surface area contributed by atoms with Crippen molar-refractivity contribution in [2.24, 2.45) is 0 Å². The van der Waals surface area contributed by atoms with Crippen LogP contribution < -0.4 is 4.74 Å². The van der Waals surface area contributed by atoms with E-state index in [0.29, 0.717) is 0 Å². The van der Waals surface area contributed by atoms with Gasteiger partial charge in [0.05, 0.1) is 0 Å². The molecule has 4 aromatic rings. The first-order valence-electron chi connectivity index (χ1n) is 14.8.